The molecule has 1 heterocycles. The highest BCUT2D eigenvalue weighted by Crippen LogP contribution is 2.01. The largest absolute Gasteiger partial charge is 0.311 e. The third-order valence-electron chi connectivity index (χ3n) is 2.99. The molecule has 0 amide bonds. The van der Waals surface area contributed by atoms with Gasteiger partial charge in [0.15, 0.2) is 0 Å². The Kier molecular flexibility index (Phi) is 5.16. The summed E-state index contributed by atoms with van der Waals surface area (Å²) in [4.78, 5) is 0. The molecule has 3 heteroatoms. The Balaban J connectivity index is 1.69. The normalized spacial score (nSPS) is 11.1. The van der Waals surface area contributed by atoms with E-state index in [-0.39, 0.29) is 0 Å². The smallest absolute Gasteiger partial charge is 0.0762 e. The van der Waals surface area contributed by atoms with E-state index in [1.54, 1.807) is 0 Å². The number of aromatic nitrogens is 2. The minimum absolute atomic E-state index is 0.638. The predicted molar refractivity (Wildman–Crippen MR) is 78.9 cm³/mol. The van der Waals surface area contributed by atoms with E-state index in [0.717, 1.165) is 31.7 Å². The second-order valence-corrected chi connectivity index (χ2v) is 5.34. The van der Waals surface area contributed by atoms with Gasteiger partial charge in [0.25, 0.3) is 0 Å². The molecule has 0 spiro atoms. The van der Waals surface area contributed by atoms with Crippen LogP contribution in [0.3, 0.4) is 0 Å². The van der Waals surface area contributed by atoms with Crippen molar-refractivity contribution in [1.29, 1.82) is 0 Å². The van der Waals surface area contributed by atoms with Gasteiger partial charge in [-0.05, 0) is 30.5 Å². The maximum atomic E-state index is 4.55. The maximum absolute atomic E-state index is 4.55. The summed E-state index contributed by atoms with van der Waals surface area (Å²) in [6, 6.07) is 12.7. The monoisotopic (exact) mass is 257 g/mol. The number of nitrogens with one attached hydrogen (secondary N) is 1. The van der Waals surface area contributed by atoms with Crippen molar-refractivity contribution in [2.45, 2.75) is 33.4 Å². The summed E-state index contributed by atoms with van der Waals surface area (Å²) >= 11 is 0. The molecule has 1 aromatic heterocycles. The lowest BCUT2D eigenvalue weighted by molar-refractivity contribution is 0.478. The second kappa shape index (κ2) is 7.10. The minimum atomic E-state index is 0.638. The van der Waals surface area contributed by atoms with Crippen molar-refractivity contribution >= 4 is 0 Å². The van der Waals surface area contributed by atoms with Gasteiger partial charge in [-0.25, -0.2) is 0 Å². The molecule has 0 atom stereocenters. The van der Waals surface area contributed by atoms with Crippen LogP contribution in [0.25, 0.3) is 0 Å². The summed E-state index contributed by atoms with van der Waals surface area (Å²) in [5.74, 6) is 0.638. The molecule has 0 aliphatic heterocycles. The topological polar surface area (TPSA) is 29.9 Å². The van der Waals surface area contributed by atoms with Crippen molar-refractivity contribution in [3.63, 3.8) is 0 Å². The second-order valence-electron chi connectivity index (χ2n) is 5.34. The van der Waals surface area contributed by atoms with Crippen LogP contribution in [0.2, 0.25) is 0 Å². The van der Waals surface area contributed by atoms with Gasteiger partial charge in [-0.2, -0.15) is 5.10 Å². The van der Waals surface area contributed by atoms with Crippen molar-refractivity contribution in [3.05, 3.63) is 53.9 Å². The molecule has 0 unspecified atom stereocenters. The van der Waals surface area contributed by atoms with Gasteiger partial charge in [0.1, 0.15) is 0 Å². The first kappa shape index (κ1) is 13.8. The summed E-state index contributed by atoms with van der Waals surface area (Å²) in [6.07, 6.45) is 3.13. The van der Waals surface area contributed by atoms with E-state index in [9.17, 15) is 0 Å². The van der Waals surface area contributed by atoms with Gasteiger partial charge < -0.3 is 5.32 Å². The molecule has 0 aliphatic carbocycles. The van der Waals surface area contributed by atoms with E-state index in [2.05, 4.69) is 66.9 Å². The van der Waals surface area contributed by atoms with Crippen molar-refractivity contribution in [2.24, 2.45) is 5.92 Å². The van der Waals surface area contributed by atoms with Crippen LogP contribution in [-0.4, -0.2) is 16.3 Å². The van der Waals surface area contributed by atoms with Crippen molar-refractivity contribution in [3.8, 4) is 0 Å². The lowest BCUT2D eigenvalue weighted by Crippen LogP contribution is -2.17. The van der Waals surface area contributed by atoms with Gasteiger partial charge >= 0.3 is 0 Å². The molecule has 2 rings (SSSR count). The first-order valence-electron chi connectivity index (χ1n) is 7.01. The molecule has 3 nitrogen and oxygen atoms in total. The molecule has 0 fully saturated rings. The van der Waals surface area contributed by atoms with Crippen LogP contribution in [0.4, 0.5) is 0 Å². The zero-order chi connectivity index (χ0) is 13.5. The fraction of sp³-hybridized carbons (Fsp3) is 0.438. The molecule has 2 aromatic rings. The van der Waals surface area contributed by atoms with Crippen LogP contribution in [0.15, 0.2) is 42.6 Å². The summed E-state index contributed by atoms with van der Waals surface area (Å²) in [6.45, 7) is 7.24. The van der Waals surface area contributed by atoms with Crippen molar-refractivity contribution in [1.82, 2.24) is 15.1 Å². The highest BCUT2D eigenvalue weighted by atomic mass is 15.3. The quantitative estimate of drug-likeness (QED) is 0.773. The number of hydrogen-bond acceptors (Lipinski definition) is 2. The number of rotatable bonds is 7. The van der Waals surface area contributed by atoms with Gasteiger partial charge in [-0.1, -0.05) is 44.2 Å². The van der Waals surface area contributed by atoms with Gasteiger partial charge in [-0.3, -0.25) is 4.68 Å². The third-order valence-corrected chi connectivity index (χ3v) is 2.99. The highest BCUT2D eigenvalue weighted by Gasteiger charge is 2.00. The van der Waals surface area contributed by atoms with Crippen LogP contribution in [0.5, 0.6) is 0 Å². The Bertz CT molecular complexity index is 474. The predicted octanol–water partition coefficient (Wildman–Crippen LogP) is 2.87. The minimum Gasteiger partial charge on any atom is -0.311 e. The Hall–Kier alpha value is -1.61. The Morgan fingerprint density at radius 2 is 1.95 bits per heavy atom. The van der Waals surface area contributed by atoms with Gasteiger partial charge in [-0.15, -0.1) is 0 Å². The van der Waals surface area contributed by atoms with E-state index in [1.807, 2.05) is 4.68 Å². The fourth-order valence-corrected chi connectivity index (χ4v) is 2.07. The number of benzene rings is 1. The summed E-state index contributed by atoms with van der Waals surface area (Å²) in [5.41, 5.74) is 2.49. The molecule has 0 radical (unpaired) electrons. The lowest BCUT2D eigenvalue weighted by atomic mass is 10.1. The average Bonchev–Trinajstić information content (AvgIpc) is 2.83. The molecular weight excluding hydrogens is 234 g/mol. The van der Waals surface area contributed by atoms with Crippen LogP contribution < -0.4 is 5.32 Å². The molecule has 102 valence electrons. The van der Waals surface area contributed by atoms with E-state index in [0.29, 0.717) is 5.92 Å². The Morgan fingerprint density at radius 3 is 2.68 bits per heavy atom. The van der Waals surface area contributed by atoms with E-state index in [4.69, 9.17) is 0 Å². The van der Waals surface area contributed by atoms with Crippen LogP contribution in [0, 0.1) is 5.92 Å². The van der Waals surface area contributed by atoms with E-state index < -0.39 is 0 Å². The first-order chi connectivity index (χ1) is 9.24. The maximum Gasteiger partial charge on any atom is 0.0762 e. The van der Waals surface area contributed by atoms with E-state index >= 15 is 0 Å². The molecule has 0 aliphatic rings. The lowest BCUT2D eigenvalue weighted by Gasteiger charge is -2.05. The molecule has 19 heavy (non-hydrogen) atoms. The highest BCUT2D eigenvalue weighted by molar-refractivity contribution is 5.14. The van der Waals surface area contributed by atoms with Gasteiger partial charge in [0.2, 0.25) is 0 Å². The molecule has 0 saturated heterocycles. The van der Waals surface area contributed by atoms with Crippen LogP contribution in [-0.2, 0) is 19.5 Å². The van der Waals surface area contributed by atoms with Crippen molar-refractivity contribution in [2.75, 3.05) is 6.54 Å². The standard InChI is InChI=1S/C16H23N3/c1-14(2)13-19-11-9-16(18-19)12-17-10-8-15-6-4-3-5-7-15/h3-7,9,11,14,17H,8,10,12-13H2,1-2H3. The number of hydrogen-bond donors (Lipinski definition) is 1. The van der Waals surface area contributed by atoms with Gasteiger partial charge in [0, 0.05) is 19.3 Å². The zero-order valence-electron chi connectivity index (χ0n) is 11.8. The molecule has 0 bridgehead atoms. The fourth-order valence-electron chi connectivity index (χ4n) is 2.07. The van der Waals surface area contributed by atoms with E-state index in [1.165, 1.54) is 5.56 Å². The summed E-state index contributed by atoms with van der Waals surface area (Å²) < 4.78 is 2.03. The Morgan fingerprint density at radius 1 is 1.16 bits per heavy atom. The number of nitrogens with zero attached hydrogens (tertiary/aromatic N) is 2. The van der Waals surface area contributed by atoms with Crippen LogP contribution >= 0.6 is 0 Å². The Labute approximate surface area is 115 Å². The molecule has 1 N–H and O–H groups in total. The summed E-state index contributed by atoms with van der Waals surface area (Å²) in [7, 11) is 0. The SMILES string of the molecule is CC(C)Cn1ccc(CNCCc2ccccc2)n1. The van der Waals surface area contributed by atoms with Crippen LogP contribution in [0.1, 0.15) is 25.1 Å². The zero-order valence-corrected chi connectivity index (χ0v) is 11.8. The average molecular weight is 257 g/mol. The molecular formula is C16H23N3. The molecule has 1 aromatic carbocycles. The van der Waals surface area contributed by atoms with Crippen molar-refractivity contribution < 1.29 is 0 Å². The molecule has 0 saturated carbocycles. The van der Waals surface area contributed by atoms with Gasteiger partial charge in [0.05, 0.1) is 5.69 Å². The first-order valence-corrected chi connectivity index (χ1v) is 7.01. The summed E-state index contributed by atoms with van der Waals surface area (Å²) in [5, 5.41) is 7.99. The third kappa shape index (κ3) is 4.87.